The molecule has 186 valence electrons. The minimum Gasteiger partial charge on any atom is -0.489 e. The van der Waals surface area contributed by atoms with E-state index in [2.05, 4.69) is 34.9 Å². The summed E-state index contributed by atoms with van der Waals surface area (Å²) in [5.41, 5.74) is 4.30. The zero-order valence-corrected chi connectivity index (χ0v) is 20.0. The van der Waals surface area contributed by atoms with Crippen molar-refractivity contribution >= 4 is 11.4 Å². The number of nitrogens with one attached hydrogen (secondary N) is 2. The van der Waals surface area contributed by atoms with E-state index in [1.807, 2.05) is 48.5 Å². The average molecular weight is 479 g/mol. The van der Waals surface area contributed by atoms with Crippen LogP contribution in [0.5, 0.6) is 11.5 Å². The normalized spacial score (nSPS) is 16.6. The van der Waals surface area contributed by atoms with Crippen LogP contribution in [0.1, 0.15) is 11.1 Å². The molecule has 0 amide bonds. The second-order valence-electron chi connectivity index (χ2n) is 8.05. The Morgan fingerprint density at radius 1 is 0.457 bits per heavy atom. The molecule has 0 fully saturated rings. The van der Waals surface area contributed by atoms with Crippen molar-refractivity contribution in [2.45, 2.75) is 13.1 Å². The lowest BCUT2D eigenvalue weighted by atomic mass is 10.1. The zero-order chi connectivity index (χ0) is 24.0. The summed E-state index contributed by atoms with van der Waals surface area (Å²) < 4.78 is 28.7. The molecule has 3 aromatic carbocycles. The lowest BCUT2D eigenvalue weighted by Crippen LogP contribution is -2.14. The van der Waals surface area contributed by atoms with Gasteiger partial charge in [-0.05, 0) is 35.4 Å². The molecule has 0 saturated heterocycles. The summed E-state index contributed by atoms with van der Waals surface area (Å²) in [5, 5.41) is 7.00. The average Bonchev–Trinajstić information content (AvgIpc) is 2.90. The van der Waals surface area contributed by atoms with Crippen LogP contribution in [0.15, 0.2) is 72.8 Å². The molecule has 2 N–H and O–H groups in total. The fourth-order valence-corrected chi connectivity index (χ4v) is 3.68. The Hall–Kier alpha value is -3.26. The Labute approximate surface area is 207 Å². The van der Waals surface area contributed by atoms with Crippen molar-refractivity contribution in [2.24, 2.45) is 0 Å². The van der Waals surface area contributed by atoms with Crippen LogP contribution in [0.4, 0.5) is 11.4 Å². The van der Waals surface area contributed by atoms with Crippen LogP contribution in [0, 0.1) is 0 Å². The molecule has 0 aliphatic carbocycles. The van der Waals surface area contributed by atoms with Crippen LogP contribution in [-0.2, 0) is 27.3 Å². The minimum absolute atomic E-state index is 0.477. The summed E-state index contributed by atoms with van der Waals surface area (Å²) in [6.07, 6.45) is 0. The monoisotopic (exact) mass is 478 g/mol. The number of anilines is 2. The summed E-state index contributed by atoms with van der Waals surface area (Å²) >= 11 is 0. The van der Waals surface area contributed by atoms with Gasteiger partial charge in [0, 0.05) is 13.1 Å². The maximum atomic E-state index is 5.94. The quantitative estimate of drug-likeness (QED) is 0.484. The van der Waals surface area contributed by atoms with Crippen LogP contribution in [0.3, 0.4) is 0 Å². The minimum atomic E-state index is 0.477. The first-order chi connectivity index (χ1) is 17.4. The molecule has 35 heavy (non-hydrogen) atoms. The molecule has 0 aromatic heterocycles. The number of rotatable bonds is 0. The van der Waals surface area contributed by atoms with E-state index in [1.54, 1.807) is 0 Å². The first-order valence-electron chi connectivity index (χ1n) is 12.1. The van der Waals surface area contributed by atoms with E-state index in [-0.39, 0.29) is 0 Å². The lowest BCUT2D eigenvalue weighted by Gasteiger charge is -2.15. The van der Waals surface area contributed by atoms with Crippen molar-refractivity contribution in [3.05, 3.63) is 83.9 Å². The van der Waals surface area contributed by atoms with Gasteiger partial charge in [-0.3, -0.25) is 0 Å². The fourth-order valence-electron chi connectivity index (χ4n) is 3.68. The summed E-state index contributed by atoms with van der Waals surface area (Å²) in [6.45, 7) is 5.44. The number of ether oxygens (including phenoxy) is 5. The van der Waals surface area contributed by atoms with E-state index < -0.39 is 0 Å². The molecule has 0 radical (unpaired) electrons. The highest BCUT2D eigenvalue weighted by molar-refractivity contribution is 5.57. The summed E-state index contributed by atoms with van der Waals surface area (Å²) in [6, 6.07) is 24.5. The number of benzene rings is 3. The van der Waals surface area contributed by atoms with Gasteiger partial charge in [0.05, 0.1) is 51.0 Å². The molecule has 7 nitrogen and oxygen atoms in total. The molecule has 3 aromatic rings. The second-order valence-corrected chi connectivity index (χ2v) is 8.05. The Morgan fingerprint density at radius 2 is 0.886 bits per heavy atom. The molecule has 0 saturated carbocycles. The van der Waals surface area contributed by atoms with E-state index in [0.717, 1.165) is 22.9 Å². The topological polar surface area (TPSA) is 70.2 Å². The largest absolute Gasteiger partial charge is 0.489 e. The van der Waals surface area contributed by atoms with E-state index in [1.165, 1.54) is 11.1 Å². The van der Waals surface area contributed by atoms with Crippen molar-refractivity contribution in [2.75, 3.05) is 63.5 Å². The van der Waals surface area contributed by atoms with Gasteiger partial charge in [0.15, 0.2) is 0 Å². The molecule has 0 spiro atoms. The van der Waals surface area contributed by atoms with Crippen LogP contribution in [-0.4, -0.2) is 52.9 Å². The first-order valence-corrected chi connectivity index (χ1v) is 12.1. The molecule has 1 heterocycles. The molecule has 1 aliphatic heterocycles. The van der Waals surface area contributed by atoms with Crippen molar-refractivity contribution < 1.29 is 23.7 Å². The lowest BCUT2D eigenvalue weighted by molar-refractivity contribution is 0.00505. The van der Waals surface area contributed by atoms with Gasteiger partial charge in [0.25, 0.3) is 0 Å². The third-order valence-electron chi connectivity index (χ3n) is 5.45. The van der Waals surface area contributed by atoms with Crippen LogP contribution < -0.4 is 20.1 Å². The number of fused-ring (bicyclic) bond motifs is 4. The maximum absolute atomic E-state index is 5.94. The summed E-state index contributed by atoms with van der Waals surface area (Å²) in [4.78, 5) is 0. The summed E-state index contributed by atoms with van der Waals surface area (Å²) in [7, 11) is 0. The van der Waals surface area contributed by atoms with Gasteiger partial charge in [-0.2, -0.15) is 0 Å². The highest BCUT2D eigenvalue weighted by Crippen LogP contribution is 2.26. The molecule has 4 rings (SSSR count). The highest BCUT2D eigenvalue weighted by atomic mass is 16.6. The van der Waals surface area contributed by atoms with Crippen LogP contribution in [0.2, 0.25) is 0 Å². The van der Waals surface area contributed by atoms with Crippen molar-refractivity contribution in [3.8, 4) is 11.5 Å². The van der Waals surface area contributed by atoms with Gasteiger partial charge in [0.1, 0.15) is 24.7 Å². The van der Waals surface area contributed by atoms with Gasteiger partial charge < -0.3 is 34.3 Å². The van der Waals surface area contributed by atoms with Crippen molar-refractivity contribution in [1.82, 2.24) is 0 Å². The van der Waals surface area contributed by atoms with Crippen molar-refractivity contribution in [3.63, 3.8) is 0 Å². The van der Waals surface area contributed by atoms with Gasteiger partial charge >= 0.3 is 0 Å². The Morgan fingerprint density at radius 3 is 1.37 bits per heavy atom. The number of hydrogen-bond donors (Lipinski definition) is 2. The van der Waals surface area contributed by atoms with Crippen LogP contribution >= 0.6 is 0 Å². The molecular formula is C28H34N2O5. The summed E-state index contributed by atoms with van der Waals surface area (Å²) in [5.74, 6) is 1.63. The standard InChI is InChI=1S/C28H34N2O5/c1-3-10-27-25(8-1)29-21-23-6-5-7-24(20-23)22-30-26-9-2-4-11-28(26)35-19-17-33-15-13-31-12-14-32-16-18-34-27/h1-11,20,29-30H,12-19,21-22H2. The molecular weight excluding hydrogens is 444 g/mol. The molecule has 7 heteroatoms. The van der Waals surface area contributed by atoms with Gasteiger partial charge in [0.2, 0.25) is 0 Å². The number of hydrogen-bond acceptors (Lipinski definition) is 7. The van der Waals surface area contributed by atoms with E-state index >= 15 is 0 Å². The third-order valence-corrected chi connectivity index (χ3v) is 5.45. The van der Waals surface area contributed by atoms with E-state index in [4.69, 9.17) is 23.7 Å². The molecule has 0 atom stereocenters. The van der Waals surface area contributed by atoms with E-state index in [9.17, 15) is 0 Å². The predicted octanol–water partition coefficient (Wildman–Crippen LogP) is 4.73. The van der Waals surface area contributed by atoms with Crippen LogP contribution in [0.25, 0.3) is 0 Å². The van der Waals surface area contributed by atoms with Gasteiger partial charge in [-0.25, -0.2) is 0 Å². The smallest absolute Gasteiger partial charge is 0.142 e. The molecule has 1 aliphatic rings. The molecule has 0 unspecified atom stereocenters. The van der Waals surface area contributed by atoms with Crippen molar-refractivity contribution in [1.29, 1.82) is 0 Å². The first kappa shape index (κ1) is 24.9. The fraction of sp³-hybridized carbons (Fsp3) is 0.357. The predicted molar refractivity (Wildman–Crippen MR) is 137 cm³/mol. The molecule has 2 bridgehead atoms. The Balaban J connectivity index is 1.41. The maximum Gasteiger partial charge on any atom is 0.142 e. The van der Waals surface area contributed by atoms with E-state index in [0.29, 0.717) is 65.9 Å². The number of para-hydroxylation sites is 4. The third kappa shape index (κ3) is 8.47. The highest BCUT2D eigenvalue weighted by Gasteiger charge is 2.06. The Bertz CT molecular complexity index is 953. The van der Waals surface area contributed by atoms with Gasteiger partial charge in [-0.1, -0.05) is 48.5 Å². The zero-order valence-electron chi connectivity index (χ0n) is 20.0. The second kappa shape index (κ2) is 14.2. The van der Waals surface area contributed by atoms with Gasteiger partial charge in [-0.15, -0.1) is 0 Å². The Kier molecular flexibility index (Phi) is 10.1. The SMILES string of the molecule is c1cc2cc(c1)CNc1ccccc1OCCOCCOCCOCCOc1ccccc1NC2.